The van der Waals surface area contributed by atoms with Crippen molar-refractivity contribution < 1.29 is 20.1 Å². The summed E-state index contributed by atoms with van der Waals surface area (Å²) in [5.74, 6) is 12.0. The van der Waals surface area contributed by atoms with Gasteiger partial charge in [0.25, 0.3) is 0 Å². The molecule has 176 valence electrons. The number of halogens is 1. The second-order valence-electron chi connectivity index (χ2n) is 7.10. The van der Waals surface area contributed by atoms with Gasteiger partial charge >= 0.3 is 0 Å². The van der Waals surface area contributed by atoms with E-state index in [-0.39, 0.29) is 37.8 Å². The smallest absolute Gasteiger partial charge is 0.122 e. The number of aliphatic hydroxyl groups is 3. The van der Waals surface area contributed by atoms with Gasteiger partial charge in [-0.3, -0.25) is 0 Å². The minimum absolute atomic E-state index is 0. The lowest BCUT2D eigenvalue weighted by Crippen LogP contribution is -2.36. The highest BCUT2D eigenvalue weighted by Gasteiger charge is 2.33. The summed E-state index contributed by atoms with van der Waals surface area (Å²) in [6.07, 6.45) is 6.71. The Labute approximate surface area is 203 Å². The molecule has 0 bridgehead atoms. The van der Waals surface area contributed by atoms with Crippen LogP contribution in [0.5, 0.6) is 0 Å². The van der Waals surface area contributed by atoms with Crippen molar-refractivity contribution in [1.82, 2.24) is 0 Å². The molecule has 1 fully saturated rings. The number of rotatable bonds is 3. The lowest BCUT2D eigenvalue weighted by Gasteiger charge is -2.37. The zero-order valence-corrected chi connectivity index (χ0v) is 20.5. The van der Waals surface area contributed by atoms with Crippen LogP contribution in [-0.2, 0) is 4.74 Å². The molecule has 0 aromatic heterocycles. The molecular weight excluding hydrogens is 468 g/mol. The van der Waals surface area contributed by atoms with Crippen LogP contribution in [0.25, 0.3) is 0 Å². The number of allylic oxidation sites excluding steroid dienone is 1. The minimum atomic E-state index is -0.266. The largest absolute Gasteiger partial charge is 0.461 e. The van der Waals surface area contributed by atoms with Gasteiger partial charge in [0.15, 0.2) is 0 Å². The summed E-state index contributed by atoms with van der Waals surface area (Å²) in [7, 11) is 0. The fraction of sp³-hybridized carbons (Fsp3) is 0.481. The van der Waals surface area contributed by atoms with Crippen LogP contribution in [0.2, 0.25) is 0 Å². The molecule has 3 N–H and O–H groups in total. The van der Waals surface area contributed by atoms with Gasteiger partial charge in [0.2, 0.25) is 0 Å². The third-order valence-electron chi connectivity index (χ3n) is 4.32. The van der Waals surface area contributed by atoms with E-state index in [1.54, 1.807) is 20.0 Å². The maximum Gasteiger partial charge on any atom is 0.122 e. The number of ether oxygens (including phenoxy) is 1. The number of hydrogen-bond donors (Lipinski definition) is 3. The van der Waals surface area contributed by atoms with E-state index < -0.39 is 0 Å². The van der Waals surface area contributed by atoms with E-state index in [4.69, 9.17) is 14.9 Å². The van der Waals surface area contributed by atoms with Gasteiger partial charge in [-0.1, -0.05) is 60.5 Å². The van der Waals surface area contributed by atoms with Crippen molar-refractivity contribution in [1.29, 1.82) is 0 Å². The topological polar surface area (TPSA) is 69.9 Å². The van der Waals surface area contributed by atoms with Crippen molar-refractivity contribution >= 4 is 15.9 Å². The molecule has 5 atom stereocenters. The van der Waals surface area contributed by atoms with Crippen LogP contribution in [0.3, 0.4) is 0 Å². The van der Waals surface area contributed by atoms with Crippen LogP contribution in [0.15, 0.2) is 40.9 Å². The van der Waals surface area contributed by atoms with Crippen molar-refractivity contribution in [3.8, 4) is 35.7 Å². The molecule has 4 nitrogen and oxygen atoms in total. The fourth-order valence-corrected chi connectivity index (χ4v) is 2.97. The average molecular weight is 505 g/mol. The molecule has 0 spiro atoms. The van der Waals surface area contributed by atoms with Crippen LogP contribution >= 0.6 is 15.9 Å². The number of aliphatic hydroxyl groups excluding tert-OH is 3. The van der Waals surface area contributed by atoms with E-state index >= 15 is 0 Å². The molecule has 2 rings (SSSR count). The lowest BCUT2D eigenvalue weighted by atomic mass is 9.87. The Morgan fingerprint density at radius 1 is 1.16 bits per heavy atom. The Morgan fingerprint density at radius 2 is 1.75 bits per heavy atom. The zero-order valence-electron chi connectivity index (χ0n) is 18.9. The van der Waals surface area contributed by atoms with Crippen LogP contribution in [0.4, 0.5) is 0 Å². The first-order valence-corrected chi connectivity index (χ1v) is 11.0. The lowest BCUT2D eigenvalue weighted by molar-refractivity contribution is -0.126. The maximum atomic E-state index is 9.95. The Morgan fingerprint density at radius 3 is 2.22 bits per heavy atom. The maximum absolute atomic E-state index is 9.95. The van der Waals surface area contributed by atoms with Gasteiger partial charge in [0, 0.05) is 22.2 Å². The molecule has 1 aromatic carbocycles. The van der Waals surface area contributed by atoms with Crippen molar-refractivity contribution in [3.05, 3.63) is 46.5 Å². The third-order valence-corrected chi connectivity index (χ3v) is 4.85. The van der Waals surface area contributed by atoms with Gasteiger partial charge in [0.1, 0.15) is 6.11 Å². The SMILES string of the molecule is C.C/C=C\CC(C)O.CC#CC#CC#CO.C[C@H]1[C@@H](O)C[C@@H](C)O[C@H]1c1ccc(Br)cc1. The first-order valence-electron chi connectivity index (χ1n) is 10.2. The molecule has 0 amide bonds. The Bertz CT molecular complexity index is 802. The van der Waals surface area contributed by atoms with E-state index in [1.807, 2.05) is 45.1 Å². The number of hydrogen-bond acceptors (Lipinski definition) is 4. The van der Waals surface area contributed by atoms with Crippen LogP contribution < -0.4 is 0 Å². The summed E-state index contributed by atoms with van der Waals surface area (Å²) in [6.45, 7) is 9.47. The molecule has 1 heterocycles. The molecule has 1 saturated heterocycles. The van der Waals surface area contributed by atoms with E-state index in [9.17, 15) is 5.11 Å². The molecule has 0 radical (unpaired) electrons. The Balaban J connectivity index is 0. The standard InChI is InChI=1S/C13H17BrO2.C7H4O.C6H12O.CH4/c1-8-7-12(15)9(2)13(16-8)10-3-5-11(14)6-4-10;1-2-3-4-5-6-7-8;1-3-4-5-6(2)7;/h3-6,8-9,12-13,15H,7H2,1-2H3;8H,1H3;3-4,6-7H,5H2,1-2H3;1H4/b;;4-3-;/t8-,9+,12+,13-;;;/m1.../s1. The Kier molecular flexibility index (Phi) is 19.5. The summed E-state index contributed by atoms with van der Waals surface area (Å²) in [5.41, 5.74) is 1.14. The normalized spacial score (nSPS) is 21.8. The number of benzene rings is 1. The fourth-order valence-electron chi connectivity index (χ4n) is 2.71. The summed E-state index contributed by atoms with van der Waals surface area (Å²) < 4.78 is 6.98. The average Bonchev–Trinajstić information content (AvgIpc) is 2.74. The highest BCUT2D eigenvalue weighted by Crippen LogP contribution is 2.36. The first kappa shape index (κ1) is 32.0. The summed E-state index contributed by atoms with van der Waals surface area (Å²) >= 11 is 3.42. The predicted octanol–water partition coefficient (Wildman–Crippen LogP) is 5.61. The summed E-state index contributed by atoms with van der Waals surface area (Å²) in [5, 5.41) is 26.4. The highest BCUT2D eigenvalue weighted by molar-refractivity contribution is 9.10. The van der Waals surface area contributed by atoms with E-state index in [0.29, 0.717) is 0 Å². The van der Waals surface area contributed by atoms with Gasteiger partial charge in [-0.05, 0) is 70.1 Å². The minimum Gasteiger partial charge on any atom is -0.461 e. The van der Waals surface area contributed by atoms with Crippen LogP contribution in [0.1, 0.15) is 66.6 Å². The zero-order chi connectivity index (χ0) is 23.6. The van der Waals surface area contributed by atoms with Gasteiger partial charge in [-0.15, -0.1) is 0 Å². The quantitative estimate of drug-likeness (QED) is 0.369. The molecule has 1 aliphatic heterocycles. The van der Waals surface area contributed by atoms with E-state index in [0.717, 1.165) is 22.9 Å². The molecule has 1 aromatic rings. The van der Waals surface area contributed by atoms with E-state index in [1.165, 1.54) is 0 Å². The third kappa shape index (κ3) is 14.7. The van der Waals surface area contributed by atoms with Crippen molar-refractivity contribution in [2.75, 3.05) is 0 Å². The predicted molar refractivity (Wildman–Crippen MR) is 136 cm³/mol. The van der Waals surface area contributed by atoms with Crippen LogP contribution in [-0.4, -0.2) is 33.6 Å². The highest BCUT2D eigenvalue weighted by atomic mass is 79.9. The molecule has 5 heteroatoms. The second kappa shape index (κ2) is 19.5. The molecule has 1 aliphatic rings. The monoisotopic (exact) mass is 504 g/mol. The summed E-state index contributed by atoms with van der Waals surface area (Å²) in [4.78, 5) is 0. The van der Waals surface area contributed by atoms with E-state index in [2.05, 4.69) is 57.7 Å². The molecular formula is C27H37BrO4. The van der Waals surface area contributed by atoms with Crippen molar-refractivity contribution in [3.63, 3.8) is 0 Å². The van der Waals surface area contributed by atoms with Gasteiger partial charge in [-0.25, -0.2) is 0 Å². The molecule has 0 aliphatic carbocycles. The molecule has 0 saturated carbocycles. The first-order chi connectivity index (χ1) is 14.8. The van der Waals surface area contributed by atoms with Crippen LogP contribution in [0, 0.1) is 41.6 Å². The van der Waals surface area contributed by atoms with Crippen molar-refractivity contribution in [2.45, 2.75) is 79.3 Å². The second-order valence-corrected chi connectivity index (χ2v) is 8.01. The Hall–Kier alpha value is -2.20. The van der Waals surface area contributed by atoms with Crippen molar-refractivity contribution in [2.24, 2.45) is 5.92 Å². The molecule has 1 unspecified atom stereocenters. The van der Waals surface area contributed by atoms with Gasteiger partial charge in [-0.2, -0.15) is 0 Å². The molecule has 32 heavy (non-hydrogen) atoms. The van der Waals surface area contributed by atoms with Gasteiger partial charge < -0.3 is 20.1 Å². The summed E-state index contributed by atoms with van der Waals surface area (Å²) in [6, 6.07) is 8.13. The van der Waals surface area contributed by atoms with Gasteiger partial charge in [0.05, 0.1) is 24.4 Å².